The molecule has 0 radical (unpaired) electrons. The van der Waals surface area contributed by atoms with Crippen molar-refractivity contribution in [3.8, 4) is 6.07 Å². The maximum atomic E-state index is 13.2. The minimum atomic E-state index is -0.469. The highest BCUT2D eigenvalue weighted by Crippen LogP contribution is 2.17. The van der Waals surface area contributed by atoms with Crippen molar-refractivity contribution >= 4 is 0 Å². The number of hydrogen-bond acceptors (Lipinski definition) is 2. The number of rotatable bonds is 4. The van der Waals surface area contributed by atoms with Crippen LogP contribution in [0.5, 0.6) is 0 Å². The Balaban J connectivity index is 2.06. The smallest absolute Gasteiger partial charge is 0.140 e. The number of nitrogens with zero attached hydrogens (tertiary/aromatic N) is 1. The number of benzene rings is 2. The maximum Gasteiger partial charge on any atom is 0.140 e. The average Bonchev–Trinajstić information content (AvgIpc) is 2.46. The Morgan fingerprint density at radius 1 is 1.25 bits per heavy atom. The third-order valence-corrected chi connectivity index (χ3v) is 3.42. The van der Waals surface area contributed by atoms with Crippen molar-refractivity contribution < 1.29 is 4.39 Å². The molecule has 2 rings (SSSR count). The van der Waals surface area contributed by atoms with Gasteiger partial charge in [-0.25, -0.2) is 4.39 Å². The third-order valence-electron chi connectivity index (χ3n) is 3.42. The van der Waals surface area contributed by atoms with Crippen LogP contribution in [0.2, 0.25) is 0 Å². The van der Waals surface area contributed by atoms with Gasteiger partial charge in [-0.3, -0.25) is 0 Å². The molecule has 102 valence electrons. The zero-order chi connectivity index (χ0) is 14.5. The summed E-state index contributed by atoms with van der Waals surface area (Å²) in [4.78, 5) is 0. The van der Waals surface area contributed by atoms with E-state index in [1.807, 2.05) is 18.2 Å². The summed E-state index contributed by atoms with van der Waals surface area (Å²) < 4.78 is 13.2. The van der Waals surface area contributed by atoms with Crippen molar-refractivity contribution in [1.82, 2.24) is 5.32 Å². The molecule has 2 aromatic carbocycles. The Labute approximate surface area is 118 Å². The van der Waals surface area contributed by atoms with E-state index in [0.29, 0.717) is 6.54 Å². The molecule has 0 aliphatic carbocycles. The fourth-order valence-corrected chi connectivity index (χ4v) is 2.22. The van der Waals surface area contributed by atoms with E-state index in [1.165, 1.54) is 17.2 Å². The Kier molecular flexibility index (Phi) is 4.49. The van der Waals surface area contributed by atoms with E-state index in [9.17, 15) is 4.39 Å². The second-order valence-electron chi connectivity index (χ2n) is 4.89. The number of nitriles is 1. The normalized spacial score (nSPS) is 11.9. The average molecular weight is 268 g/mol. The van der Waals surface area contributed by atoms with Gasteiger partial charge in [0.15, 0.2) is 0 Å². The topological polar surface area (TPSA) is 35.8 Å². The van der Waals surface area contributed by atoms with E-state index in [2.05, 4.69) is 31.3 Å². The summed E-state index contributed by atoms with van der Waals surface area (Å²) >= 11 is 0. The van der Waals surface area contributed by atoms with Crippen molar-refractivity contribution in [1.29, 1.82) is 5.26 Å². The highest BCUT2D eigenvalue weighted by atomic mass is 19.1. The predicted octanol–water partition coefficient (Wildman–Crippen LogP) is 3.86. The summed E-state index contributed by atoms with van der Waals surface area (Å²) in [7, 11) is 0. The van der Waals surface area contributed by atoms with Crippen LogP contribution in [-0.4, -0.2) is 0 Å². The largest absolute Gasteiger partial charge is 0.306 e. The van der Waals surface area contributed by atoms with Gasteiger partial charge in [-0.05, 0) is 42.7 Å². The van der Waals surface area contributed by atoms with Crippen LogP contribution in [0.1, 0.15) is 35.2 Å². The lowest BCUT2D eigenvalue weighted by Crippen LogP contribution is -2.19. The van der Waals surface area contributed by atoms with Gasteiger partial charge in [0.2, 0.25) is 0 Å². The molecule has 0 aromatic heterocycles. The van der Waals surface area contributed by atoms with Gasteiger partial charge in [0.25, 0.3) is 0 Å². The lowest BCUT2D eigenvalue weighted by molar-refractivity contribution is 0.570. The molecule has 3 heteroatoms. The van der Waals surface area contributed by atoms with Crippen molar-refractivity contribution in [2.75, 3.05) is 0 Å². The van der Waals surface area contributed by atoms with Crippen LogP contribution in [0.25, 0.3) is 0 Å². The molecule has 2 aromatic rings. The van der Waals surface area contributed by atoms with Crippen molar-refractivity contribution in [3.05, 3.63) is 70.5 Å². The summed E-state index contributed by atoms with van der Waals surface area (Å²) in [6.07, 6.45) is 0. The third kappa shape index (κ3) is 3.23. The van der Waals surface area contributed by atoms with Gasteiger partial charge >= 0.3 is 0 Å². The molecule has 0 saturated carbocycles. The van der Waals surface area contributed by atoms with E-state index in [1.54, 1.807) is 12.1 Å². The van der Waals surface area contributed by atoms with Gasteiger partial charge in [-0.1, -0.05) is 30.3 Å². The highest BCUT2D eigenvalue weighted by molar-refractivity contribution is 5.34. The van der Waals surface area contributed by atoms with Crippen LogP contribution in [0.3, 0.4) is 0 Å². The fourth-order valence-electron chi connectivity index (χ4n) is 2.22. The Hall–Kier alpha value is -2.18. The van der Waals surface area contributed by atoms with Gasteiger partial charge in [-0.15, -0.1) is 0 Å². The molecule has 1 atom stereocenters. The Bertz CT molecular complexity index is 644. The summed E-state index contributed by atoms with van der Waals surface area (Å²) in [5, 5.41) is 12.2. The first-order valence-corrected chi connectivity index (χ1v) is 6.59. The maximum absolute atomic E-state index is 13.2. The minimum absolute atomic E-state index is 0.0906. The molecule has 0 spiro atoms. The van der Waals surface area contributed by atoms with E-state index in [4.69, 9.17) is 5.26 Å². The molecule has 1 N–H and O–H groups in total. The molecule has 0 heterocycles. The monoisotopic (exact) mass is 268 g/mol. The molecule has 0 aliphatic heterocycles. The van der Waals surface area contributed by atoms with E-state index in [-0.39, 0.29) is 11.6 Å². The van der Waals surface area contributed by atoms with Gasteiger partial charge in [-0.2, -0.15) is 5.26 Å². The summed E-state index contributed by atoms with van der Waals surface area (Å²) in [5.41, 5.74) is 3.48. The van der Waals surface area contributed by atoms with Gasteiger partial charge in [0, 0.05) is 12.6 Å². The minimum Gasteiger partial charge on any atom is -0.306 e. The molecule has 0 bridgehead atoms. The van der Waals surface area contributed by atoms with Crippen LogP contribution >= 0.6 is 0 Å². The summed E-state index contributed by atoms with van der Waals surface area (Å²) in [6, 6.07) is 14.9. The van der Waals surface area contributed by atoms with Crippen LogP contribution in [0.15, 0.2) is 42.5 Å². The quantitative estimate of drug-likeness (QED) is 0.914. The molecule has 0 amide bonds. The summed E-state index contributed by atoms with van der Waals surface area (Å²) in [6.45, 7) is 4.78. The Morgan fingerprint density at radius 3 is 2.70 bits per heavy atom. The van der Waals surface area contributed by atoms with Crippen LogP contribution in [-0.2, 0) is 6.54 Å². The molecular weight excluding hydrogens is 251 g/mol. The Morgan fingerprint density at radius 2 is 2.00 bits per heavy atom. The molecule has 0 saturated heterocycles. The van der Waals surface area contributed by atoms with Crippen molar-refractivity contribution in [2.45, 2.75) is 26.4 Å². The van der Waals surface area contributed by atoms with Crippen LogP contribution in [0.4, 0.5) is 4.39 Å². The van der Waals surface area contributed by atoms with Gasteiger partial charge in [0.05, 0.1) is 5.56 Å². The fraction of sp³-hybridized carbons (Fsp3) is 0.235. The zero-order valence-electron chi connectivity index (χ0n) is 11.7. The second kappa shape index (κ2) is 6.31. The zero-order valence-corrected chi connectivity index (χ0v) is 11.7. The molecule has 0 aliphatic rings. The lowest BCUT2D eigenvalue weighted by Gasteiger charge is -2.16. The standard InChI is InChI=1S/C17H17FN2/c1-12-5-3-4-6-16(12)13(2)20-11-14-7-8-17(18)15(9-14)10-19/h3-9,13,20H,11H2,1-2H3/t13-/m1/s1. The van der Waals surface area contributed by atoms with Gasteiger partial charge < -0.3 is 5.32 Å². The molecule has 0 fully saturated rings. The molecule has 2 nitrogen and oxygen atoms in total. The lowest BCUT2D eigenvalue weighted by atomic mass is 10.0. The van der Waals surface area contributed by atoms with Crippen molar-refractivity contribution in [2.24, 2.45) is 0 Å². The van der Waals surface area contributed by atoms with E-state index in [0.717, 1.165) is 5.56 Å². The molecular formula is C17H17FN2. The number of aryl methyl sites for hydroxylation is 1. The van der Waals surface area contributed by atoms with E-state index < -0.39 is 5.82 Å². The first-order chi connectivity index (χ1) is 9.61. The van der Waals surface area contributed by atoms with E-state index >= 15 is 0 Å². The number of halogens is 1. The molecule has 0 unspecified atom stereocenters. The van der Waals surface area contributed by atoms with Crippen molar-refractivity contribution in [3.63, 3.8) is 0 Å². The number of nitrogens with one attached hydrogen (secondary N) is 1. The first kappa shape index (κ1) is 14.2. The first-order valence-electron chi connectivity index (χ1n) is 6.59. The molecule has 20 heavy (non-hydrogen) atoms. The van der Waals surface area contributed by atoms with Gasteiger partial charge in [0.1, 0.15) is 11.9 Å². The summed E-state index contributed by atoms with van der Waals surface area (Å²) in [5.74, 6) is -0.469. The number of hydrogen-bond donors (Lipinski definition) is 1. The second-order valence-corrected chi connectivity index (χ2v) is 4.89. The van der Waals surface area contributed by atoms with Crippen LogP contribution < -0.4 is 5.32 Å². The predicted molar refractivity (Wildman–Crippen MR) is 77.5 cm³/mol. The SMILES string of the molecule is Cc1ccccc1[C@@H](C)NCc1ccc(F)c(C#N)c1. The van der Waals surface area contributed by atoms with Crippen LogP contribution in [0, 0.1) is 24.1 Å². The highest BCUT2D eigenvalue weighted by Gasteiger charge is 2.08.